The Balaban J connectivity index is 2.92. The number of hydrogen-bond donors (Lipinski definition) is 0. The van der Waals surface area contributed by atoms with E-state index in [0.717, 1.165) is 18.5 Å². The van der Waals surface area contributed by atoms with Gasteiger partial charge in [0.25, 0.3) is 0 Å². The van der Waals surface area contributed by atoms with Gasteiger partial charge in [0.1, 0.15) is 0 Å². The van der Waals surface area contributed by atoms with Gasteiger partial charge in [-0.25, -0.2) is 0 Å². The lowest BCUT2D eigenvalue weighted by Crippen LogP contribution is -2.07. The van der Waals surface area contributed by atoms with Crippen LogP contribution in [0.1, 0.15) is 52.4 Å². The largest absolute Gasteiger partial charge is 0.381 e. The van der Waals surface area contributed by atoms with Gasteiger partial charge in [-0.05, 0) is 12.3 Å². The third kappa shape index (κ3) is 10.5. The molecule has 0 saturated carbocycles. The summed E-state index contributed by atoms with van der Waals surface area (Å²) in [6, 6.07) is 0. The van der Waals surface area contributed by atoms with Crippen LogP contribution in [0.4, 0.5) is 0 Å². The van der Waals surface area contributed by atoms with Crippen molar-refractivity contribution < 1.29 is 4.74 Å². The molecule has 0 rings (SSSR count). The Kier molecular flexibility index (Phi) is 11.9. The molecule has 0 aromatic heterocycles. The summed E-state index contributed by atoms with van der Waals surface area (Å²) in [5.41, 5.74) is 0. The van der Waals surface area contributed by atoms with Gasteiger partial charge in [0.05, 0.1) is 0 Å². The van der Waals surface area contributed by atoms with E-state index in [0.29, 0.717) is 5.92 Å². The van der Waals surface area contributed by atoms with Gasteiger partial charge in [-0.3, -0.25) is 0 Å². The molecular weight excluding hydrogens is 240 g/mol. The zero-order chi connectivity index (χ0) is 10.6. The van der Waals surface area contributed by atoms with Crippen molar-refractivity contribution in [1.29, 1.82) is 0 Å². The predicted molar refractivity (Wildman–Crippen MR) is 67.2 cm³/mol. The van der Waals surface area contributed by atoms with Gasteiger partial charge in [0.15, 0.2) is 0 Å². The van der Waals surface area contributed by atoms with Crippen LogP contribution in [0, 0.1) is 5.92 Å². The van der Waals surface area contributed by atoms with Crippen LogP contribution in [0.15, 0.2) is 0 Å². The summed E-state index contributed by atoms with van der Waals surface area (Å²) in [6.07, 6.45) is 8.07. The highest BCUT2D eigenvalue weighted by molar-refractivity contribution is 9.09. The predicted octanol–water partition coefficient (Wildman–Crippen LogP) is 4.39. The first-order valence-electron chi connectivity index (χ1n) is 5.95. The van der Waals surface area contributed by atoms with Crippen molar-refractivity contribution >= 4 is 15.9 Å². The average molecular weight is 265 g/mol. The number of unbranched alkanes of at least 4 members (excludes halogenated alkanes) is 5. The highest BCUT2D eigenvalue weighted by Crippen LogP contribution is 2.06. The van der Waals surface area contributed by atoms with Crippen LogP contribution in [-0.4, -0.2) is 18.5 Å². The van der Waals surface area contributed by atoms with E-state index >= 15 is 0 Å². The Morgan fingerprint density at radius 2 is 1.71 bits per heavy atom. The van der Waals surface area contributed by atoms with Crippen LogP contribution < -0.4 is 0 Å². The van der Waals surface area contributed by atoms with Crippen LogP contribution in [-0.2, 0) is 4.74 Å². The Morgan fingerprint density at radius 3 is 2.36 bits per heavy atom. The number of hydrogen-bond acceptors (Lipinski definition) is 1. The third-order valence-electron chi connectivity index (χ3n) is 2.31. The molecule has 0 amide bonds. The van der Waals surface area contributed by atoms with E-state index in [1.807, 2.05) is 0 Å². The Hall–Kier alpha value is 0.440. The smallest absolute Gasteiger partial charge is 0.0499 e. The SMILES string of the molecule is CCCCCCCCOCC(C)CBr. The molecule has 0 aromatic carbocycles. The molecule has 0 radical (unpaired) electrons. The van der Waals surface area contributed by atoms with Gasteiger partial charge in [0, 0.05) is 18.5 Å². The number of halogens is 1. The molecule has 0 fully saturated rings. The second-order valence-corrected chi connectivity index (χ2v) is 4.75. The number of ether oxygens (including phenoxy) is 1. The maximum Gasteiger partial charge on any atom is 0.0499 e. The Labute approximate surface area is 97.7 Å². The molecule has 14 heavy (non-hydrogen) atoms. The minimum atomic E-state index is 0.648. The lowest BCUT2D eigenvalue weighted by atomic mass is 10.1. The molecule has 86 valence electrons. The molecule has 0 spiro atoms. The molecule has 0 saturated heterocycles. The Morgan fingerprint density at radius 1 is 1.07 bits per heavy atom. The van der Waals surface area contributed by atoms with Gasteiger partial charge in [-0.2, -0.15) is 0 Å². The van der Waals surface area contributed by atoms with E-state index in [1.54, 1.807) is 0 Å². The van der Waals surface area contributed by atoms with Crippen LogP contribution >= 0.6 is 15.9 Å². The normalized spacial score (nSPS) is 13.1. The van der Waals surface area contributed by atoms with Crippen LogP contribution in [0.3, 0.4) is 0 Å². The van der Waals surface area contributed by atoms with Gasteiger partial charge >= 0.3 is 0 Å². The summed E-state index contributed by atoms with van der Waals surface area (Å²) in [4.78, 5) is 0. The van der Waals surface area contributed by atoms with Gasteiger partial charge in [-0.15, -0.1) is 0 Å². The molecule has 1 unspecified atom stereocenters. The van der Waals surface area contributed by atoms with E-state index in [-0.39, 0.29) is 0 Å². The second-order valence-electron chi connectivity index (χ2n) is 4.10. The van der Waals surface area contributed by atoms with Gasteiger partial charge in [-0.1, -0.05) is 61.9 Å². The molecule has 0 heterocycles. The van der Waals surface area contributed by atoms with E-state index in [9.17, 15) is 0 Å². The number of alkyl halides is 1. The molecule has 0 aliphatic heterocycles. The average Bonchev–Trinajstić information content (AvgIpc) is 2.21. The summed E-state index contributed by atoms with van der Waals surface area (Å²) in [5, 5.41) is 1.05. The van der Waals surface area contributed by atoms with E-state index < -0.39 is 0 Å². The van der Waals surface area contributed by atoms with E-state index in [4.69, 9.17) is 4.74 Å². The summed E-state index contributed by atoms with van der Waals surface area (Å²) in [6.45, 7) is 6.31. The fraction of sp³-hybridized carbons (Fsp3) is 1.00. The Bertz CT molecular complexity index is 106. The van der Waals surface area contributed by atoms with Crippen molar-refractivity contribution in [3.05, 3.63) is 0 Å². The third-order valence-corrected chi connectivity index (χ3v) is 3.41. The maximum absolute atomic E-state index is 5.56. The van der Waals surface area contributed by atoms with Crippen molar-refractivity contribution in [3.8, 4) is 0 Å². The summed E-state index contributed by atoms with van der Waals surface area (Å²) < 4.78 is 5.56. The van der Waals surface area contributed by atoms with E-state index in [1.165, 1.54) is 38.5 Å². The maximum atomic E-state index is 5.56. The van der Waals surface area contributed by atoms with Crippen LogP contribution in [0.2, 0.25) is 0 Å². The molecule has 0 aromatic rings. The van der Waals surface area contributed by atoms with Crippen LogP contribution in [0.5, 0.6) is 0 Å². The second kappa shape index (κ2) is 11.5. The molecule has 0 aliphatic rings. The highest BCUT2D eigenvalue weighted by atomic mass is 79.9. The molecule has 2 heteroatoms. The summed E-state index contributed by atoms with van der Waals surface area (Å²) in [5.74, 6) is 0.648. The van der Waals surface area contributed by atoms with E-state index in [2.05, 4.69) is 29.8 Å². The minimum absolute atomic E-state index is 0.648. The first-order chi connectivity index (χ1) is 6.81. The number of rotatable bonds is 10. The fourth-order valence-corrected chi connectivity index (χ4v) is 1.50. The molecule has 0 aliphatic carbocycles. The van der Waals surface area contributed by atoms with Crippen LogP contribution in [0.25, 0.3) is 0 Å². The summed E-state index contributed by atoms with van der Waals surface area (Å²) >= 11 is 3.45. The molecule has 1 nitrogen and oxygen atoms in total. The molecule has 0 bridgehead atoms. The molecular formula is C12H25BrO. The quantitative estimate of drug-likeness (QED) is 0.420. The van der Waals surface area contributed by atoms with Gasteiger partial charge < -0.3 is 4.74 Å². The molecule has 1 atom stereocenters. The van der Waals surface area contributed by atoms with Crippen molar-refractivity contribution in [2.45, 2.75) is 52.4 Å². The zero-order valence-corrected chi connectivity index (χ0v) is 11.3. The highest BCUT2D eigenvalue weighted by Gasteiger charge is 1.98. The molecule has 0 N–H and O–H groups in total. The first kappa shape index (κ1) is 14.4. The van der Waals surface area contributed by atoms with Crippen molar-refractivity contribution in [2.24, 2.45) is 5.92 Å². The topological polar surface area (TPSA) is 9.23 Å². The zero-order valence-electron chi connectivity index (χ0n) is 9.73. The fourth-order valence-electron chi connectivity index (χ4n) is 1.31. The van der Waals surface area contributed by atoms with Crippen molar-refractivity contribution in [1.82, 2.24) is 0 Å². The van der Waals surface area contributed by atoms with Crippen molar-refractivity contribution in [2.75, 3.05) is 18.5 Å². The van der Waals surface area contributed by atoms with Gasteiger partial charge in [0.2, 0.25) is 0 Å². The monoisotopic (exact) mass is 264 g/mol. The minimum Gasteiger partial charge on any atom is -0.381 e. The summed E-state index contributed by atoms with van der Waals surface area (Å²) in [7, 11) is 0. The van der Waals surface area contributed by atoms with Crippen molar-refractivity contribution in [3.63, 3.8) is 0 Å². The standard InChI is InChI=1S/C12H25BrO/c1-3-4-5-6-7-8-9-14-11-12(2)10-13/h12H,3-11H2,1-2H3. The first-order valence-corrected chi connectivity index (χ1v) is 7.07. The lowest BCUT2D eigenvalue weighted by molar-refractivity contribution is 0.108. The lowest BCUT2D eigenvalue weighted by Gasteiger charge is -2.08.